The minimum absolute atomic E-state index is 0.109. The minimum atomic E-state index is -1.06. The lowest BCUT2D eigenvalue weighted by atomic mass is 9.97. The number of benzene rings is 3. The minimum Gasteiger partial charge on any atom is -0.478 e. The molecule has 1 aliphatic rings. The molecule has 4 aromatic rings. The van der Waals surface area contributed by atoms with Crippen molar-refractivity contribution in [3.05, 3.63) is 87.5 Å². The molecule has 0 aliphatic carbocycles. The number of ether oxygens (including phenoxy) is 1. The highest BCUT2D eigenvalue weighted by molar-refractivity contribution is 7.21. The molecule has 2 N–H and O–H groups in total. The van der Waals surface area contributed by atoms with Gasteiger partial charge in [-0.05, 0) is 86.0 Å². The van der Waals surface area contributed by atoms with Crippen LogP contribution in [0.25, 0.3) is 10.1 Å². The highest BCUT2D eigenvalue weighted by atomic mass is 32.1. The van der Waals surface area contributed by atoms with E-state index in [9.17, 15) is 23.5 Å². The van der Waals surface area contributed by atoms with Gasteiger partial charge >= 0.3 is 5.97 Å². The summed E-state index contributed by atoms with van der Waals surface area (Å²) in [7, 11) is 0. The van der Waals surface area contributed by atoms with Crippen LogP contribution in [0.2, 0.25) is 0 Å². The largest absolute Gasteiger partial charge is 0.478 e. The van der Waals surface area contributed by atoms with Gasteiger partial charge in [0.1, 0.15) is 16.4 Å². The van der Waals surface area contributed by atoms with E-state index in [2.05, 4.69) is 10.2 Å². The number of aryl methyl sites for hydroxylation is 2. The molecule has 0 bridgehead atoms. The van der Waals surface area contributed by atoms with Crippen LogP contribution in [-0.2, 0) is 0 Å². The van der Waals surface area contributed by atoms with Crippen LogP contribution in [0.5, 0.6) is 11.5 Å². The van der Waals surface area contributed by atoms with Gasteiger partial charge in [-0.15, -0.1) is 11.3 Å². The van der Waals surface area contributed by atoms with Crippen molar-refractivity contribution in [2.75, 3.05) is 31.6 Å². The molecule has 39 heavy (non-hydrogen) atoms. The standard InChI is InChI=1S/C30H28F2N2O4S/c1-17-12-20(32)13-18(2)26(17)27(35)29-28(24-9-4-19(30(36)37)14-25(24)39-29)38-23-7-5-21(6-8-23)33-22-15-34(16-22)11-3-10-31/h4-9,12-14,22,33H,3,10-11,15-16H2,1-2H3,(H,36,37). The molecule has 5 rings (SSSR count). The third-order valence-corrected chi connectivity index (χ3v) is 7.96. The van der Waals surface area contributed by atoms with E-state index < -0.39 is 11.8 Å². The first kappa shape index (κ1) is 26.8. The molecular weight excluding hydrogens is 522 g/mol. The Morgan fingerprint density at radius 2 is 1.77 bits per heavy atom. The number of carbonyl (C=O) groups is 2. The zero-order chi connectivity index (χ0) is 27.7. The second kappa shape index (κ2) is 11.1. The SMILES string of the molecule is Cc1cc(F)cc(C)c1C(=O)c1sc2cc(C(=O)O)ccc2c1Oc1ccc(NC2CN(CCCF)C2)cc1. The number of thiophene rings is 1. The van der Waals surface area contributed by atoms with E-state index in [0.717, 1.165) is 36.7 Å². The molecule has 2 heterocycles. The van der Waals surface area contributed by atoms with E-state index in [-0.39, 0.29) is 18.0 Å². The van der Waals surface area contributed by atoms with Gasteiger partial charge in [-0.2, -0.15) is 0 Å². The summed E-state index contributed by atoms with van der Waals surface area (Å²) in [5.74, 6) is -0.932. The van der Waals surface area contributed by atoms with Gasteiger partial charge in [0.2, 0.25) is 5.78 Å². The summed E-state index contributed by atoms with van der Waals surface area (Å²) in [4.78, 5) is 27.8. The molecule has 9 heteroatoms. The lowest BCUT2D eigenvalue weighted by Gasteiger charge is -2.40. The zero-order valence-corrected chi connectivity index (χ0v) is 22.4. The molecule has 6 nitrogen and oxygen atoms in total. The van der Waals surface area contributed by atoms with E-state index in [1.54, 1.807) is 32.0 Å². The smallest absolute Gasteiger partial charge is 0.335 e. The van der Waals surface area contributed by atoms with E-state index in [1.165, 1.54) is 24.3 Å². The topological polar surface area (TPSA) is 78.9 Å². The van der Waals surface area contributed by atoms with Gasteiger partial charge in [-0.1, -0.05) is 0 Å². The highest BCUT2D eigenvalue weighted by Crippen LogP contribution is 2.42. The van der Waals surface area contributed by atoms with Crippen molar-refractivity contribution in [2.45, 2.75) is 26.3 Å². The van der Waals surface area contributed by atoms with E-state index in [4.69, 9.17) is 4.74 Å². The maximum absolute atomic E-state index is 13.9. The third-order valence-electron chi connectivity index (χ3n) is 6.83. The van der Waals surface area contributed by atoms with Crippen LogP contribution in [0.4, 0.5) is 14.5 Å². The molecule has 1 aliphatic heterocycles. The van der Waals surface area contributed by atoms with Gasteiger partial charge in [0.15, 0.2) is 5.75 Å². The fraction of sp³-hybridized carbons (Fsp3) is 0.267. The molecule has 0 unspecified atom stereocenters. The van der Waals surface area contributed by atoms with Crippen molar-refractivity contribution in [3.63, 3.8) is 0 Å². The van der Waals surface area contributed by atoms with Crippen LogP contribution in [0.1, 0.15) is 43.1 Å². The number of alkyl halides is 1. The number of halogens is 2. The van der Waals surface area contributed by atoms with Gasteiger partial charge in [0, 0.05) is 41.0 Å². The Hall–Kier alpha value is -3.82. The molecule has 1 aromatic heterocycles. The monoisotopic (exact) mass is 550 g/mol. The number of carboxylic acid groups (broad SMARTS) is 1. The van der Waals surface area contributed by atoms with Crippen LogP contribution in [0.3, 0.4) is 0 Å². The summed E-state index contributed by atoms with van der Waals surface area (Å²) < 4.78 is 33.2. The fourth-order valence-electron chi connectivity index (χ4n) is 4.94. The average molecular weight is 551 g/mol. The molecule has 0 atom stereocenters. The normalized spacial score (nSPS) is 13.8. The predicted octanol–water partition coefficient (Wildman–Crippen LogP) is 6.83. The summed E-state index contributed by atoms with van der Waals surface area (Å²) in [6.45, 7) is 5.58. The average Bonchev–Trinajstić information content (AvgIpc) is 3.23. The number of anilines is 1. The summed E-state index contributed by atoms with van der Waals surface area (Å²) >= 11 is 1.16. The summed E-state index contributed by atoms with van der Waals surface area (Å²) in [5.41, 5.74) is 2.46. The number of ketones is 1. The predicted molar refractivity (Wildman–Crippen MR) is 149 cm³/mol. The van der Waals surface area contributed by atoms with Gasteiger partial charge < -0.3 is 15.2 Å². The quantitative estimate of drug-likeness (QED) is 0.211. The van der Waals surface area contributed by atoms with Crippen LogP contribution >= 0.6 is 11.3 Å². The Morgan fingerprint density at radius 3 is 2.41 bits per heavy atom. The summed E-state index contributed by atoms with van der Waals surface area (Å²) in [6.07, 6.45) is 0.554. The lowest BCUT2D eigenvalue weighted by molar-refractivity contribution is 0.0697. The van der Waals surface area contributed by atoms with Gasteiger partial charge in [-0.25, -0.2) is 9.18 Å². The second-order valence-corrected chi connectivity index (χ2v) is 10.8. The third kappa shape index (κ3) is 5.65. The van der Waals surface area contributed by atoms with E-state index in [1.807, 2.05) is 12.1 Å². The molecule has 0 spiro atoms. The first-order valence-electron chi connectivity index (χ1n) is 12.7. The number of fused-ring (bicyclic) bond motifs is 1. The maximum atomic E-state index is 13.9. The number of aromatic carboxylic acids is 1. The number of carbonyl (C=O) groups excluding carboxylic acids is 1. The molecule has 1 fully saturated rings. The van der Waals surface area contributed by atoms with Crippen molar-refractivity contribution in [1.29, 1.82) is 0 Å². The van der Waals surface area contributed by atoms with Crippen molar-refractivity contribution in [2.24, 2.45) is 0 Å². The first-order valence-corrected chi connectivity index (χ1v) is 13.5. The van der Waals surface area contributed by atoms with E-state index in [0.29, 0.717) is 55.6 Å². The number of carboxylic acids is 1. The molecule has 3 aromatic carbocycles. The van der Waals surface area contributed by atoms with Crippen molar-refractivity contribution in [3.8, 4) is 11.5 Å². The number of nitrogens with one attached hydrogen (secondary N) is 1. The first-order chi connectivity index (χ1) is 18.7. The summed E-state index contributed by atoms with van der Waals surface area (Å²) in [5, 5.41) is 13.5. The number of nitrogens with zero attached hydrogens (tertiary/aromatic N) is 1. The molecule has 0 amide bonds. The molecule has 1 saturated heterocycles. The number of hydrogen-bond acceptors (Lipinski definition) is 6. The molecule has 0 radical (unpaired) electrons. The molecule has 0 saturated carbocycles. The second-order valence-electron chi connectivity index (χ2n) is 9.79. The Bertz CT molecular complexity index is 1520. The van der Waals surface area contributed by atoms with Crippen molar-refractivity contribution < 1.29 is 28.2 Å². The van der Waals surface area contributed by atoms with E-state index >= 15 is 0 Å². The lowest BCUT2D eigenvalue weighted by Crippen LogP contribution is -2.54. The van der Waals surface area contributed by atoms with Crippen LogP contribution in [0, 0.1) is 19.7 Å². The van der Waals surface area contributed by atoms with Crippen LogP contribution < -0.4 is 10.1 Å². The maximum Gasteiger partial charge on any atom is 0.335 e. The van der Waals surface area contributed by atoms with Gasteiger partial charge in [0.25, 0.3) is 0 Å². The Kier molecular flexibility index (Phi) is 7.63. The Morgan fingerprint density at radius 1 is 1.08 bits per heavy atom. The Labute approximate surface area is 228 Å². The fourth-order valence-corrected chi connectivity index (χ4v) is 6.05. The van der Waals surface area contributed by atoms with Gasteiger partial charge in [-0.3, -0.25) is 14.1 Å². The summed E-state index contributed by atoms with van der Waals surface area (Å²) in [6, 6.07) is 15.0. The zero-order valence-electron chi connectivity index (χ0n) is 21.6. The van der Waals surface area contributed by atoms with Gasteiger partial charge in [0.05, 0.1) is 18.3 Å². The van der Waals surface area contributed by atoms with Crippen LogP contribution in [0.15, 0.2) is 54.6 Å². The molecular formula is C30H28F2N2O4S. The van der Waals surface area contributed by atoms with Crippen molar-refractivity contribution in [1.82, 2.24) is 4.90 Å². The van der Waals surface area contributed by atoms with Crippen molar-refractivity contribution >= 4 is 38.9 Å². The number of rotatable bonds is 10. The highest BCUT2D eigenvalue weighted by Gasteiger charge is 2.27. The number of likely N-dealkylation sites (tertiary alicyclic amines) is 1. The number of hydrogen-bond donors (Lipinski definition) is 2. The van der Waals surface area contributed by atoms with Crippen LogP contribution in [-0.4, -0.2) is 54.1 Å². The molecule has 202 valence electrons. The Balaban J connectivity index is 1.43.